The van der Waals surface area contributed by atoms with E-state index in [0.717, 1.165) is 24.5 Å². The summed E-state index contributed by atoms with van der Waals surface area (Å²) < 4.78 is 57.7. The zero-order chi connectivity index (χ0) is 26.8. The Kier molecular flexibility index (Phi) is 14.3. The van der Waals surface area contributed by atoms with Crippen molar-refractivity contribution in [1.29, 1.82) is 0 Å². The molecule has 2 aromatic carbocycles. The van der Waals surface area contributed by atoms with Gasteiger partial charge in [0.15, 0.2) is 5.79 Å². The number of aryl methyl sites for hydroxylation is 3. The maximum absolute atomic E-state index is 13.7. The molecule has 3 rings (SSSR count). The Morgan fingerprint density at radius 1 is 0.946 bits per heavy atom. The van der Waals surface area contributed by atoms with Gasteiger partial charge in [0.2, 0.25) is 0 Å². The van der Waals surface area contributed by atoms with E-state index in [2.05, 4.69) is 31.2 Å². The average molecular weight is 600 g/mol. The van der Waals surface area contributed by atoms with Gasteiger partial charge in [-0.3, -0.25) is 0 Å². The van der Waals surface area contributed by atoms with E-state index in [1.807, 2.05) is 0 Å². The summed E-state index contributed by atoms with van der Waals surface area (Å²) in [7, 11) is 0. The molecule has 0 unspecified atom stereocenters. The molecule has 1 aliphatic heterocycles. The van der Waals surface area contributed by atoms with Crippen LogP contribution < -0.4 is 4.74 Å². The molecule has 0 atom stereocenters. The molecule has 1 radical (unpaired) electrons. The van der Waals surface area contributed by atoms with Gasteiger partial charge < -0.3 is 25.1 Å². The van der Waals surface area contributed by atoms with Crippen molar-refractivity contribution >= 4 is 0 Å². The number of halogens is 3. The summed E-state index contributed by atoms with van der Waals surface area (Å²) in [6.45, 7) is 8.17. The summed E-state index contributed by atoms with van der Waals surface area (Å²) in [5, 5.41) is 7.57. The molecule has 2 N–H and O–H groups in total. The van der Waals surface area contributed by atoms with Crippen molar-refractivity contribution in [2.45, 2.75) is 77.3 Å². The third kappa shape index (κ3) is 11.7. The Morgan fingerprint density at radius 3 is 2.03 bits per heavy atom. The van der Waals surface area contributed by atoms with Gasteiger partial charge in [-0.05, 0) is 75.3 Å². The smallest absolute Gasteiger partial charge is 0.419 e. The number of aliphatic hydroxyl groups excluding tert-OH is 1. The fourth-order valence-electron chi connectivity index (χ4n) is 3.72. The number of nitrogens with one attached hydrogen (secondary N) is 1. The minimum Gasteiger partial charge on any atom is -0.668 e. The summed E-state index contributed by atoms with van der Waals surface area (Å²) in [6.07, 6.45) is -1.49. The molecule has 2 aromatic rings. The van der Waals surface area contributed by atoms with Gasteiger partial charge in [0.05, 0.1) is 12.2 Å². The standard InChI is InChI=1S/C26H33F3NO3.C2H6O.Y/c1-4-19-7-9-20(10-8-19)6-5-15-31-23-12-11-21(16-22(23)26(27,28)29)13-14-25(30)17-32-24(2,3)33-18-25;1-2-3;/h7-12,16,30H,4-6,13-15,17-18H2,1-3H3;3H,2H2,1H3;/q-1;;. The predicted octanol–water partition coefficient (Wildman–Crippen LogP) is 6.78. The zero-order valence-corrected chi connectivity index (χ0v) is 25.1. The van der Waals surface area contributed by atoms with Crippen LogP contribution in [-0.2, 0) is 67.6 Å². The van der Waals surface area contributed by atoms with Crippen LogP contribution in [0, 0.1) is 0 Å². The molecular formula is C28H39F3NO4Y-. The van der Waals surface area contributed by atoms with Gasteiger partial charge in [0.1, 0.15) is 5.75 Å². The molecule has 5 nitrogen and oxygen atoms in total. The van der Waals surface area contributed by atoms with Crippen molar-refractivity contribution < 1.29 is 65.2 Å². The molecule has 205 valence electrons. The quantitative estimate of drug-likeness (QED) is 0.323. The molecule has 0 aromatic heterocycles. The Hall–Kier alpha value is -1.03. The van der Waals surface area contributed by atoms with Gasteiger partial charge in [-0.25, -0.2) is 0 Å². The van der Waals surface area contributed by atoms with E-state index < -0.39 is 23.1 Å². The molecule has 0 aliphatic carbocycles. The number of hydrogen-bond acceptors (Lipinski definition) is 4. The number of rotatable bonds is 9. The molecular weight excluding hydrogens is 560 g/mol. The molecule has 0 saturated carbocycles. The second-order valence-electron chi connectivity index (χ2n) is 9.52. The van der Waals surface area contributed by atoms with Crippen LogP contribution in [-0.4, -0.2) is 42.9 Å². The van der Waals surface area contributed by atoms with Crippen LogP contribution in [0.5, 0.6) is 5.75 Å². The van der Waals surface area contributed by atoms with E-state index >= 15 is 0 Å². The molecule has 0 amide bonds. The van der Waals surface area contributed by atoms with Gasteiger partial charge in [-0.15, -0.1) is 0 Å². The van der Waals surface area contributed by atoms with Gasteiger partial charge in [0, 0.05) is 52.5 Å². The van der Waals surface area contributed by atoms with Gasteiger partial charge in [-0.1, -0.05) is 49.2 Å². The predicted molar refractivity (Wildman–Crippen MR) is 135 cm³/mol. The fraction of sp³-hybridized carbons (Fsp3) is 0.571. The molecule has 1 saturated heterocycles. The van der Waals surface area contributed by atoms with Gasteiger partial charge in [-0.2, -0.15) is 13.2 Å². The monoisotopic (exact) mass is 599 g/mol. The molecule has 9 heteroatoms. The largest absolute Gasteiger partial charge is 0.668 e. The number of ether oxygens (including phenoxy) is 3. The van der Waals surface area contributed by atoms with Crippen LogP contribution >= 0.6 is 0 Å². The van der Waals surface area contributed by atoms with Crippen molar-refractivity contribution in [1.82, 2.24) is 0 Å². The second kappa shape index (κ2) is 15.5. The van der Waals surface area contributed by atoms with Crippen LogP contribution in [0.2, 0.25) is 0 Å². The maximum atomic E-state index is 13.7. The van der Waals surface area contributed by atoms with Crippen LogP contribution in [0.3, 0.4) is 0 Å². The Balaban J connectivity index is 0.00000163. The van der Waals surface area contributed by atoms with Crippen LogP contribution in [0.25, 0.3) is 5.73 Å². The number of aliphatic hydroxyl groups is 1. The summed E-state index contributed by atoms with van der Waals surface area (Å²) in [5.74, 6) is -0.884. The first-order valence-electron chi connectivity index (χ1n) is 12.5. The van der Waals surface area contributed by atoms with Crippen molar-refractivity contribution in [3.63, 3.8) is 0 Å². The van der Waals surface area contributed by atoms with E-state index in [0.29, 0.717) is 24.8 Å². The van der Waals surface area contributed by atoms with E-state index in [4.69, 9.17) is 25.1 Å². The topological polar surface area (TPSA) is 71.7 Å². The van der Waals surface area contributed by atoms with Crippen LogP contribution in [0.1, 0.15) is 62.8 Å². The molecule has 1 fully saturated rings. The van der Waals surface area contributed by atoms with Crippen molar-refractivity contribution in [3.05, 3.63) is 70.5 Å². The molecule has 1 heterocycles. The zero-order valence-electron chi connectivity index (χ0n) is 22.3. The van der Waals surface area contributed by atoms with E-state index in [1.54, 1.807) is 26.8 Å². The van der Waals surface area contributed by atoms with Crippen molar-refractivity contribution in [3.8, 4) is 5.75 Å². The average Bonchev–Trinajstić information content (AvgIpc) is 2.83. The fourth-order valence-corrected chi connectivity index (χ4v) is 3.72. The molecule has 0 bridgehead atoms. The summed E-state index contributed by atoms with van der Waals surface area (Å²) in [4.78, 5) is 0. The van der Waals surface area contributed by atoms with Gasteiger partial charge >= 0.3 is 6.18 Å². The maximum Gasteiger partial charge on any atom is 0.419 e. The molecule has 1 aliphatic rings. The first kappa shape index (κ1) is 34.0. The Morgan fingerprint density at radius 2 is 1.49 bits per heavy atom. The van der Waals surface area contributed by atoms with E-state index in [1.165, 1.54) is 11.6 Å². The normalized spacial score (nSPS) is 16.2. The minimum atomic E-state index is -4.51. The van der Waals surface area contributed by atoms with E-state index in [-0.39, 0.29) is 64.9 Å². The summed E-state index contributed by atoms with van der Waals surface area (Å²) in [6, 6.07) is 12.4. The van der Waals surface area contributed by atoms with Crippen molar-refractivity contribution in [2.24, 2.45) is 0 Å². The van der Waals surface area contributed by atoms with Crippen molar-refractivity contribution in [2.75, 3.05) is 26.4 Å². The van der Waals surface area contributed by atoms with E-state index in [9.17, 15) is 13.2 Å². The summed E-state index contributed by atoms with van der Waals surface area (Å²) >= 11 is 0. The second-order valence-corrected chi connectivity index (χ2v) is 9.52. The third-order valence-electron chi connectivity index (χ3n) is 5.93. The SMILES string of the molecule is CCO.CCc1ccc(CCCOc2ccc(CCC3([NH-])COC(C)(C)OC3)cc2C(F)(F)F)cc1.[Y]. The van der Waals surface area contributed by atoms with Crippen LogP contribution in [0.15, 0.2) is 42.5 Å². The summed E-state index contributed by atoms with van der Waals surface area (Å²) in [5.41, 5.74) is 9.64. The number of alkyl halides is 3. The Labute approximate surface area is 244 Å². The Bertz CT molecular complexity index is 926. The molecule has 37 heavy (non-hydrogen) atoms. The molecule has 0 spiro atoms. The third-order valence-corrected chi connectivity index (χ3v) is 5.93. The van der Waals surface area contributed by atoms with Crippen LogP contribution in [0.4, 0.5) is 13.2 Å². The van der Waals surface area contributed by atoms with Gasteiger partial charge in [0.25, 0.3) is 0 Å². The number of benzene rings is 2. The number of hydrogen-bond donors (Lipinski definition) is 1. The first-order chi connectivity index (χ1) is 16.9. The minimum absolute atomic E-state index is 0. The first-order valence-corrected chi connectivity index (χ1v) is 12.5.